The first-order valence-electron chi connectivity index (χ1n) is 8.47. The van der Waals surface area contributed by atoms with Crippen LogP contribution in [0.3, 0.4) is 0 Å². The summed E-state index contributed by atoms with van der Waals surface area (Å²) in [6.45, 7) is 6.23. The number of hydrogen-bond acceptors (Lipinski definition) is 11. The molecule has 0 aliphatic carbocycles. The second-order valence-corrected chi connectivity index (χ2v) is 5.97. The van der Waals surface area contributed by atoms with Gasteiger partial charge in [-0.3, -0.25) is 28.8 Å². The zero-order chi connectivity index (χ0) is 23.2. The van der Waals surface area contributed by atoms with Gasteiger partial charge in [-0.15, -0.1) is 0 Å². The van der Waals surface area contributed by atoms with Gasteiger partial charge in [-0.05, 0) is 6.92 Å². The molecule has 0 aliphatic heterocycles. The van der Waals surface area contributed by atoms with Crippen LogP contribution in [0.1, 0.15) is 47.1 Å². The van der Waals surface area contributed by atoms with Crippen molar-refractivity contribution in [1.82, 2.24) is 0 Å². The number of ketones is 1. The standard InChI is InChI=1S/C19H20O11/c1-8(20)7-14-15(26-9(2)21)17(28-11(4)23)19(30-13(6)25)18(29-12(5)24)16(14)27-10(3)22/h7H2,1-6H3. The van der Waals surface area contributed by atoms with Crippen molar-refractivity contribution in [3.05, 3.63) is 5.56 Å². The fraction of sp³-hybridized carbons (Fsp3) is 0.368. The quantitative estimate of drug-likeness (QED) is 0.462. The highest BCUT2D eigenvalue weighted by Crippen LogP contribution is 2.54. The summed E-state index contributed by atoms with van der Waals surface area (Å²) in [6, 6.07) is 0. The molecule has 0 unspecified atom stereocenters. The molecule has 1 aromatic rings. The van der Waals surface area contributed by atoms with E-state index in [0.29, 0.717) is 0 Å². The summed E-state index contributed by atoms with van der Waals surface area (Å²) < 4.78 is 25.3. The van der Waals surface area contributed by atoms with E-state index in [-0.39, 0.29) is 5.56 Å². The second-order valence-electron chi connectivity index (χ2n) is 5.97. The van der Waals surface area contributed by atoms with E-state index >= 15 is 0 Å². The molecule has 0 saturated carbocycles. The minimum atomic E-state index is -0.932. The maximum atomic E-state index is 11.8. The van der Waals surface area contributed by atoms with Crippen LogP contribution >= 0.6 is 0 Å². The van der Waals surface area contributed by atoms with Crippen molar-refractivity contribution in [1.29, 1.82) is 0 Å². The number of carbonyl (C=O) groups excluding carboxylic acids is 6. The van der Waals surface area contributed by atoms with Gasteiger partial charge in [0.15, 0.2) is 11.5 Å². The highest BCUT2D eigenvalue weighted by molar-refractivity contribution is 5.89. The van der Waals surface area contributed by atoms with E-state index in [9.17, 15) is 28.8 Å². The molecule has 1 rings (SSSR count). The Balaban J connectivity index is 4.20. The van der Waals surface area contributed by atoms with Crippen LogP contribution in [0.15, 0.2) is 0 Å². The first-order valence-corrected chi connectivity index (χ1v) is 8.47. The maximum Gasteiger partial charge on any atom is 0.308 e. The molecule has 0 saturated heterocycles. The lowest BCUT2D eigenvalue weighted by atomic mass is 10.0. The summed E-state index contributed by atoms with van der Waals surface area (Å²) in [5.74, 6) is -7.95. The van der Waals surface area contributed by atoms with Crippen LogP contribution in [-0.4, -0.2) is 35.6 Å². The predicted molar refractivity (Wildman–Crippen MR) is 97.4 cm³/mol. The van der Waals surface area contributed by atoms with Crippen molar-refractivity contribution in [2.45, 2.75) is 48.0 Å². The molecule has 11 nitrogen and oxygen atoms in total. The monoisotopic (exact) mass is 424 g/mol. The Hall–Kier alpha value is -3.76. The highest BCUT2D eigenvalue weighted by atomic mass is 16.6. The summed E-state index contributed by atoms with van der Waals surface area (Å²) >= 11 is 0. The van der Waals surface area contributed by atoms with E-state index in [1.165, 1.54) is 6.92 Å². The molecule has 11 heteroatoms. The lowest BCUT2D eigenvalue weighted by Gasteiger charge is -2.22. The first-order chi connectivity index (χ1) is 13.8. The molecule has 0 N–H and O–H groups in total. The third-order valence-electron chi connectivity index (χ3n) is 3.03. The van der Waals surface area contributed by atoms with Gasteiger partial charge in [0.1, 0.15) is 5.78 Å². The molecule has 0 aliphatic rings. The zero-order valence-corrected chi connectivity index (χ0v) is 17.2. The van der Waals surface area contributed by atoms with Gasteiger partial charge in [0.2, 0.25) is 17.2 Å². The number of benzene rings is 1. The summed E-state index contributed by atoms with van der Waals surface area (Å²) in [7, 11) is 0. The lowest BCUT2D eigenvalue weighted by molar-refractivity contribution is -0.137. The molecule has 0 amide bonds. The molecule has 162 valence electrons. The first kappa shape index (κ1) is 24.3. The summed E-state index contributed by atoms with van der Waals surface area (Å²) in [4.78, 5) is 70.1. The minimum Gasteiger partial charge on any atom is -0.422 e. The van der Waals surface area contributed by atoms with Gasteiger partial charge in [0.25, 0.3) is 0 Å². The van der Waals surface area contributed by atoms with Crippen LogP contribution in [0.25, 0.3) is 0 Å². The van der Waals surface area contributed by atoms with Crippen LogP contribution in [0.2, 0.25) is 0 Å². The van der Waals surface area contributed by atoms with Crippen LogP contribution in [0.4, 0.5) is 0 Å². The van der Waals surface area contributed by atoms with Crippen LogP contribution < -0.4 is 23.7 Å². The van der Waals surface area contributed by atoms with Gasteiger partial charge in [-0.25, -0.2) is 0 Å². The van der Waals surface area contributed by atoms with E-state index in [1.54, 1.807) is 0 Å². The van der Waals surface area contributed by atoms with Crippen molar-refractivity contribution in [2.75, 3.05) is 0 Å². The fourth-order valence-corrected chi connectivity index (χ4v) is 2.31. The highest BCUT2D eigenvalue weighted by Gasteiger charge is 2.34. The zero-order valence-electron chi connectivity index (χ0n) is 17.2. The molecule has 0 bridgehead atoms. The summed E-state index contributed by atoms with van der Waals surface area (Å²) in [5.41, 5.74) is -0.240. The molecule has 0 fully saturated rings. The van der Waals surface area contributed by atoms with Gasteiger partial charge in [-0.2, -0.15) is 0 Å². The number of carbonyl (C=O) groups is 6. The molecule has 0 spiro atoms. The van der Waals surface area contributed by atoms with Crippen molar-refractivity contribution < 1.29 is 52.5 Å². The molecule has 0 heterocycles. The third kappa shape index (κ3) is 6.69. The van der Waals surface area contributed by atoms with Crippen molar-refractivity contribution in [3.63, 3.8) is 0 Å². The molecular formula is C19H20O11. The molecule has 0 radical (unpaired) electrons. The van der Waals surface area contributed by atoms with Crippen LogP contribution in [0.5, 0.6) is 28.7 Å². The smallest absolute Gasteiger partial charge is 0.308 e. The average molecular weight is 424 g/mol. The Kier molecular flexibility index (Phi) is 8.21. The molecule has 0 atom stereocenters. The second kappa shape index (κ2) is 10.1. The number of rotatable bonds is 7. The maximum absolute atomic E-state index is 11.8. The number of hydrogen-bond donors (Lipinski definition) is 0. The fourth-order valence-electron chi connectivity index (χ4n) is 2.31. The van der Waals surface area contributed by atoms with E-state index in [0.717, 1.165) is 34.6 Å². The SMILES string of the molecule is CC(=O)Cc1c(OC(C)=O)c(OC(C)=O)c(OC(C)=O)c(OC(C)=O)c1OC(C)=O. The van der Waals surface area contributed by atoms with Gasteiger partial charge < -0.3 is 23.7 Å². The molecule has 1 aromatic carbocycles. The molecule has 30 heavy (non-hydrogen) atoms. The topological polar surface area (TPSA) is 149 Å². The molecular weight excluding hydrogens is 404 g/mol. The predicted octanol–water partition coefficient (Wildman–Crippen LogP) is 1.44. The number of Topliss-reactive ketones (excluding diaryl/α,β-unsaturated/α-hetero) is 1. The van der Waals surface area contributed by atoms with Gasteiger partial charge >= 0.3 is 29.8 Å². The van der Waals surface area contributed by atoms with Crippen LogP contribution in [0, 0.1) is 0 Å². The Morgan fingerprint density at radius 1 is 0.467 bits per heavy atom. The number of esters is 5. The Labute approximate surface area is 171 Å². The lowest BCUT2D eigenvalue weighted by Crippen LogP contribution is -2.17. The van der Waals surface area contributed by atoms with Gasteiger partial charge in [0.05, 0.1) is 5.56 Å². The van der Waals surface area contributed by atoms with E-state index in [2.05, 4.69) is 0 Å². The Bertz CT molecular complexity index is 713. The van der Waals surface area contributed by atoms with Crippen molar-refractivity contribution >= 4 is 35.6 Å². The average Bonchev–Trinajstić information content (AvgIpc) is 2.55. The Morgan fingerprint density at radius 3 is 0.933 bits per heavy atom. The van der Waals surface area contributed by atoms with Gasteiger partial charge in [0, 0.05) is 41.0 Å². The Morgan fingerprint density at radius 2 is 0.700 bits per heavy atom. The normalized spacial score (nSPS) is 9.93. The number of ether oxygens (including phenoxy) is 5. The van der Waals surface area contributed by atoms with Crippen molar-refractivity contribution in [3.8, 4) is 28.7 Å². The van der Waals surface area contributed by atoms with Gasteiger partial charge in [-0.1, -0.05) is 0 Å². The minimum absolute atomic E-state index is 0.240. The summed E-state index contributed by atoms with van der Waals surface area (Å²) in [6.07, 6.45) is -0.478. The third-order valence-corrected chi connectivity index (χ3v) is 3.03. The largest absolute Gasteiger partial charge is 0.422 e. The van der Waals surface area contributed by atoms with E-state index in [1.807, 2.05) is 0 Å². The van der Waals surface area contributed by atoms with E-state index in [4.69, 9.17) is 23.7 Å². The molecule has 0 aromatic heterocycles. The van der Waals surface area contributed by atoms with Crippen LogP contribution in [-0.2, 0) is 35.2 Å². The van der Waals surface area contributed by atoms with E-state index < -0.39 is 70.8 Å². The van der Waals surface area contributed by atoms with Crippen molar-refractivity contribution in [2.24, 2.45) is 0 Å². The summed E-state index contributed by atoms with van der Waals surface area (Å²) in [5, 5.41) is 0.